The van der Waals surface area contributed by atoms with Crippen LogP contribution in [0.25, 0.3) is 44.9 Å². The van der Waals surface area contributed by atoms with Crippen LogP contribution in [-0.4, -0.2) is 9.13 Å². The van der Waals surface area contributed by atoms with E-state index in [-0.39, 0.29) is 11.1 Å². The molecule has 0 saturated carbocycles. The molecule has 58 heavy (non-hydrogen) atoms. The first-order chi connectivity index (χ1) is 28.2. The van der Waals surface area contributed by atoms with Gasteiger partial charge in [0.2, 0.25) is 0 Å². The Morgan fingerprint density at radius 1 is 0.362 bits per heavy atom. The van der Waals surface area contributed by atoms with Gasteiger partial charge in [0.25, 0.3) is 0 Å². The lowest BCUT2D eigenvalue weighted by Gasteiger charge is -2.13. The van der Waals surface area contributed by atoms with Crippen LogP contribution in [0.15, 0.2) is 84.9 Å². The third kappa shape index (κ3) is 10.5. The molecule has 0 aliphatic carbocycles. The van der Waals surface area contributed by atoms with Crippen molar-refractivity contribution in [2.45, 2.75) is 129 Å². The van der Waals surface area contributed by atoms with E-state index in [1.54, 1.807) is 12.1 Å². The van der Waals surface area contributed by atoms with E-state index >= 15 is 0 Å². The Morgan fingerprint density at radius 2 is 0.655 bits per heavy atom. The molecule has 2 aromatic heterocycles. The molecule has 0 aliphatic rings. The second kappa shape index (κ2) is 20.8. The highest BCUT2D eigenvalue weighted by molar-refractivity contribution is 5.93. The van der Waals surface area contributed by atoms with Crippen LogP contribution in [0, 0.1) is 34.9 Å². The zero-order valence-electron chi connectivity index (χ0n) is 34.0. The molecular formula is C50H56F6N2. The Labute approximate surface area is 339 Å². The highest BCUT2D eigenvalue weighted by Crippen LogP contribution is 2.40. The normalized spacial score (nSPS) is 11.7. The number of benzene rings is 4. The molecular weight excluding hydrogens is 743 g/mol. The minimum Gasteiger partial charge on any atom is -0.308 e. The van der Waals surface area contributed by atoms with Crippen LogP contribution in [0.1, 0.15) is 128 Å². The van der Waals surface area contributed by atoms with E-state index in [1.165, 1.54) is 77.0 Å². The Balaban J connectivity index is 1.37. The maximum atomic E-state index is 14.8. The summed E-state index contributed by atoms with van der Waals surface area (Å²) in [5, 5.41) is 0. The lowest BCUT2D eigenvalue weighted by Crippen LogP contribution is -2.00. The van der Waals surface area contributed by atoms with Crippen molar-refractivity contribution in [2.24, 2.45) is 0 Å². The molecule has 0 bridgehead atoms. The average Bonchev–Trinajstić information content (AvgIpc) is 3.78. The minimum atomic E-state index is -1.56. The number of rotatable bonds is 22. The number of halogens is 6. The summed E-state index contributed by atoms with van der Waals surface area (Å²) in [7, 11) is 0. The first kappa shape index (κ1) is 42.9. The maximum absolute atomic E-state index is 14.8. The average molecular weight is 799 g/mol. The van der Waals surface area contributed by atoms with Crippen molar-refractivity contribution in [2.75, 3.05) is 0 Å². The summed E-state index contributed by atoms with van der Waals surface area (Å²) in [4.78, 5) is 0. The van der Waals surface area contributed by atoms with Crippen molar-refractivity contribution in [3.63, 3.8) is 0 Å². The van der Waals surface area contributed by atoms with Gasteiger partial charge in [-0.2, -0.15) is 0 Å². The summed E-state index contributed by atoms with van der Waals surface area (Å²) in [5.74, 6) is -8.39. The quantitative estimate of drug-likeness (QED) is 0.0368. The molecule has 6 aromatic rings. The molecule has 6 rings (SSSR count). The highest BCUT2D eigenvalue weighted by Gasteiger charge is 2.24. The number of nitrogens with zero attached hydrogens (tertiary/aromatic N) is 2. The predicted octanol–water partition coefficient (Wildman–Crippen LogP) is 16.0. The van der Waals surface area contributed by atoms with Crippen LogP contribution in [0.3, 0.4) is 0 Å². The van der Waals surface area contributed by atoms with Crippen molar-refractivity contribution in [1.29, 1.82) is 0 Å². The van der Waals surface area contributed by atoms with E-state index in [4.69, 9.17) is 0 Å². The van der Waals surface area contributed by atoms with Gasteiger partial charge in [-0.25, -0.2) is 26.3 Å². The predicted molar refractivity (Wildman–Crippen MR) is 226 cm³/mol. The van der Waals surface area contributed by atoms with E-state index < -0.39 is 34.9 Å². The molecule has 0 amide bonds. The smallest absolute Gasteiger partial charge is 0.194 e. The van der Waals surface area contributed by atoms with Gasteiger partial charge in [-0.1, -0.05) is 128 Å². The van der Waals surface area contributed by atoms with Gasteiger partial charge in [-0.15, -0.1) is 0 Å². The van der Waals surface area contributed by atoms with Crippen molar-refractivity contribution in [3.8, 4) is 33.9 Å². The molecule has 0 fully saturated rings. The number of unbranched alkanes of at least 4 members (excludes halogenated alkanes) is 14. The van der Waals surface area contributed by atoms with Gasteiger partial charge in [-0.3, -0.25) is 0 Å². The fourth-order valence-electron chi connectivity index (χ4n) is 8.09. The third-order valence-electron chi connectivity index (χ3n) is 11.4. The van der Waals surface area contributed by atoms with Crippen molar-refractivity contribution in [1.82, 2.24) is 9.13 Å². The van der Waals surface area contributed by atoms with Gasteiger partial charge in [0.15, 0.2) is 34.9 Å². The molecule has 0 aliphatic heterocycles. The molecule has 308 valence electrons. The summed E-state index contributed by atoms with van der Waals surface area (Å²) in [6, 6.07) is 23.2. The fourth-order valence-corrected chi connectivity index (χ4v) is 8.09. The van der Waals surface area contributed by atoms with Gasteiger partial charge in [0.1, 0.15) is 0 Å². The van der Waals surface area contributed by atoms with E-state index in [9.17, 15) is 26.3 Å². The second-order valence-corrected chi connectivity index (χ2v) is 15.8. The van der Waals surface area contributed by atoms with Gasteiger partial charge in [0.05, 0.1) is 22.4 Å². The van der Waals surface area contributed by atoms with Gasteiger partial charge >= 0.3 is 0 Å². The number of fused-ring (bicyclic) bond motifs is 1. The zero-order valence-corrected chi connectivity index (χ0v) is 34.0. The summed E-state index contributed by atoms with van der Waals surface area (Å²) < 4.78 is 91.2. The van der Waals surface area contributed by atoms with Gasteiger partial charge in [0, 0.05) is 22.5 Å². The molecule has 0 saturated heterocycles. The first-order valence-corrected chi connectivity index (χ1v) is 21.5. The summed E-state index contributed by atoms with van der Waals surface area (Å²) in [6.07, 6.45) is 21.3. The molecule has 0 unspecified atom stereocenters. The minimum absolute atomic E-state index is 0.114. The number of aromatic nitrogens is 2. The molecule has 0 radical (unpaired) electrons. The molecule has 0 N–H and O–H groups in total. The Morgan fingerprint density at radius 3 is 0.966 bits per heavy atom. The zero-order chi connectivity index (χ0) is 41.0. The van der Waals surface area contributed by atoms with Gasteiger partial charge in [-0.05, 0) is 97.5 Å². The Hall–Kier alpha value is -4.72. The van der Waals surface area contributed by atoms with Crippen molar-refractivity contribution >= 4 is 11.0 Å². The molecule has 0 spiro atoms. The lowest BCUT2D eigenvalue weighted by atomic mass is 10.0. The first-order valence-electron chi connectivity index (χ1n) is 21.5. The number of aryl methyl sites for hydroxylation is 2. The second-order valence-electron chi connectivity index (χ2n) is 15.8. The van der Waals surface area contributed by atoms with Crippen LogP contribution in [0.4, 0.5) is 26.3 Å². The Kier molecular flexibility index (Phi) is 15.4. The highest BCUT2D eigenvalue weighted by atomic mass is 19.2. The fraction of sp³-hybridized carbons (Fsp3) is 0.400. The van der Waals surface area contributed by atoms with Crippen LogP contribution < -0.4 is 0 Å². The van der Waals surface area contributed by atoms with Crippen LogP contribution >= 0.6 is 0 Å². The van der Waals surface area contributed by atoms with Crippen molar-refractivity contribution in [3.05, 3.63) is 131 Å². The third-order valence-corrected chi connectivity index (χ3v) is 11.4. The van der Waals surface area contributed by atoms with E-state index in [0.29, 0.717) is 33.8 Å². The molecule has 0 atom stereocenters. The monoisotopic (exact) mass is 798 g/mol. The molecule has 8 heteroatoms. The molecule has 2 heterocycles. The topological polar surface area (TPSA) is 9.86 Å². The largest absolute Gasteiger partial charge is 0.308 e. The van der Waals surface area contributed by atoms with Crippen molar-refractivity contribution < 1.29 is 26.3 Å². The maximum Gasteiger partial charge on any atom is 0.194 e. The summed E-state index contributed by atoms with van der Waals surface area (Å²) in [6.45, 7) is 4.44. The SMILES string of the molecule is CCCCCCCCCCc1ccc(-n2c(-c3cc(F)c(F)c(F)c3)cc3c2cc(-c2cc(F)c(F)c(F)c2)n3-c2ccc(CCCCCCCCCC)cc2)cc1. The summed E-state index contributed by atoms with van der Waals surface area (Å²) in [5.41, 5.74) is 5.81. The molecule has 4 aromatic carbocycles. The van der Waals surface area contributed by atoms with E-state index in [2.05, 4.69) is 13.8 Å². The lowest BCUT2D eigenvalue weighted by molar-refractivity contribution is 0.447. The Bertz CT molecular complexity index is 2030. The van der Waals surface area contributed by atoms with Crippen LogP contribution in [0.2, 0.25) is 0 Å². The number of hydrogen-bond donors (Lipinski definition) is 0. The van der Waals surface area contributed by atoms with Crippen LogP contribution in [-0.2, 0) is 12.8 Å². The standard InChI is InChI=1S/C50H56F6N2/c1-3-5-7-9-11-13-15-17-19-35-21-25-39(26-22-35)57-45(37-29-41(51)49(55)42(52)30-37)33-48-47(57)34-46(38-31-43(53)50(56)44(54)32-38)58(48)40-27-23-36(24-28-40)20-18-16-14-12-10-8-6-4-2/h21-34H,3-20H2,1-2H3. The molecule has 2 nitrogen and oxygen atoms in total. The van der Waals surface area contributed by atoms with Crippen LogP contribution in [0.5, 0.6) is 0 Å². The van der Waals surface area contributed by atoms with E-state index in [0.717, 1.165) is 73.9 Å². The summed E-state index contributed by atoms with van der Waals surface area (Å²) >= 11 is 0. The van der Waals surface area contributed by atoms with Gasteiger partial charge < -0.3 is 9.13 Å². The number of hydrogen-bond acceptors (Lipinski definition) is 0. The van der Waals surface area contributed by atoms with E-state index in [1.807, 2.05) is 57.7 Å².